The van der Waals surface area contributed by atoms with Gasteiger partial charge in [0.1, 0.15) is 5.66 Å². The second-order valence-electron chi connectivity index (χ2n) is 7.24. The normalized spacial score (nSPS) is 18.1. The van der Waals surface area contributed by atoms with E-state index in [4.69, 9.17) is 0 Å². The Morgan fingerprint density at radius 3 is 2.31 bits per heavy atom. The van der Waals surface area contributed by atoms with Gasteiger partial charge in [-0.05, 0) is 48.7 Å². The van der Waals surface area contributed by atoms with E-state index >= 15 is 0 Å². The van der Waals surface area contributed by atoms with Crippen molar-refractivity contribution >= 4 is 17.3 Å². The monoisotopic (exact) mass is 387 g/mol. The van der Waals surface area contributed by atoms with Crippen LogP contribution in [0.15, 0.2) is 78.9 Å². The summed E-state index contributed by atoms with van der Waals surface area (Å²) in [5, 5.41) is 14.5. The number of hydrogen-bond acceptors (Lipinski definition) is 4. The summed E-state index contributed by atoms with van der Waals surface area (Å²) in [7, 11) is 0. The summed E-state index contributed by atoms with van der Waals surface area (Å²) < 4.78 is 0. The lowest BCUT2D eigenvalue weighted by molar-refractivity contribution is -0.384. The summed E-state index contributed by atoms with van der Waals surface area (Å²) in [6.07, 6.45) is 0.707. The molecule has 1 unspecified atom stereocenters. The van der Waals surface area contributed by atoms with Crippen molar-refractivity contribution in [1.82, 2.24) is 4.90 Å². The van der Waals surface area contributed by atoms with Crippen LogP contribution >= 0.6 is 0 Å². The molecule has 1 N–H and O–H groups in total. The number of fused-ring (bicyclic) bond motifs is 1. The van der Waals surface area contributed by atoms with Crippen molar-refractivity contribution in [2.24, 2.45) is 0 Å². The van der Waals surface area contributed by atoms with Crippen LogP contribution in [-0.2, 0) is 12.1 Å². The average molecular weight is 387 g/mol. The number of rotatable bonds is 5. The van der Waals surface area contributed by atoms with Crippen molar-refractivity contribution in [3.63, 3.8) is 0 Å². The minimum Gasteiger partial charge on any atom is -0.358 e. The zero-order valence-electron chi connectivity index (χ0n) is 16.0. The molecule has 0 saturated heterocycles. The molecule has 0 radical (unpaired) electrons. The Bertz CT molecular complexity index is 1050. The van der Waals surface area contributed by atoms with Gasteiger partial charge in [-0.25, -0.2) is 0 Å². The predicted molar refractivity (Wildman–Crippen MR) is 112 cm³/mol. The van der Waals surface area contributed by atoms with Crippen LogP contribution in [0.4, 0.5) is 11.4 Å². The minimum absolute atomic E-state index is 0.0238. The van der Waals surface area contributed by atoms with Gasteiger partial charge in [0.2, 0.25) is 0 Å². The quantitative estimate of drug-likeness (QED) is 0.514. The smallest absolute Gasteiger partial charge is 0.269 e. The number of benzene rings is 3. The van der Waals surface area contributed by atoms with Gasteiger partial charge in [-0.2, -0.15) is 0 Å². The van der Waals surface area contributed by atoms with Crippen molar-refractivity contribution in [2.45, 2.75) is 19.0 Å². The molecule has 1 atom stereocenters. The lowest BCUT2D eigenvalue weighted by atomic mass is 9.93. The molecule has 1 amide bonds. The van der Waals surface area contributed by atoms with E-state index in [2.05, 4.69) is 5.32 Å². The summed E-state index contributed by atoms with van der Waals surface area (Å²) in [5.74, 6) is -0.0591. The molecule has 0 aliphatic carbocycles. The van der Waals surface area contributed by atoms with Crippen molar-refractivity contribution in [2.75, 3.05) is 11.9 Å². The number of carbonyl (C=O) groups excluding carboxylic acids is 1. The first kappa shape index (κ1) is 18.7. The maximum atomic E-state index is 13.4. The molecule has 6 heteroatoms. The third-order valence-corrected chi connectivity index (χ3v) is 5.43. The van der Waals surface area contributed by atoms with Gasteiger partial charge in [-0.3, -0.25) is 14.9 Å². The van der Waals surface area contributed by atoms with Crippen molar-refractivity contribution in [3.05, 3.63) is 106 Å². The molecule has 0 saturated carbocycles. The van der Waals surface area contributed by atoms with Crippen LogP contribution in [0, 0.1) is 10.1 Å². The van der Waals surface area contributed by atoms with Crippen LogP contribution in [0.1, 0.15) is 28.4 Å². The van der Waals surface area contributed by atoms with E-state index in [0.717, 1.165) is 16.8 Å². The zero-order valence-corrected chi connectivity index (χ0v) is 16.0. The number of carbonyl (C=O) groups is 1. The Morgan fingerprint density at radius 1 is 0.966 bits per heavy atom. The number of nitro groups is 1. The summed E-state index contributed by atoms with van der Waals surface area (Å²) in [6.45, 7) is 2.45. The number of para-hydroxylation sites is 1. The van der Waals surface area contributed by atoms with Crippen molar-refractivity contribution in [3.8, 4) is 0 Å². The number of nitrogens with zero attached hydrogens (tertiary/aromatic N) is 2. The van der Waals surface area contributed by atoms with E-state index in [0.29, 0.717) is 18.5 Å². The standard InChI is InChI=1S/C23H21N3O3/c1-23(18-11-13-19(14-12-18)26(28)29)24-21-10-6-5-9-20(21)22(27)25(23)16-15-17-7-3-2-4-8-17/h2-14,24H,15-16H2,1H3. The molecule has 0 aromatic heterocycles. The van der Waals surface area contributed by atoms with Crippen LogP contribution in [0.2, 0.25) is 0 Å². The van der Waals surface area contributed by atoms with Crippen LogP contribution in [0.5, 0.6) is 0 Å². The van der Waals surface area contributed by atoms with Crippen LogP contribution < -0.4 is 5.32 Å². The van der Waals surface area contributed by atoms with Gasteiger partial charge in [0, 0.05) is 24.4 Å². The zero-order chi connectivity index (χ0) is 20.4. The molecule has 3 aromatic carbocycles. The summed E-state index contributed by atoms with van der Waals surface area (Å²) in [4.78, 5) is 25.8. The SMILES string of the molecule is CC1(c2ccc([N+](=O)[O-])cc2)Nc2ccccc2C(=O)N1CCc1ccccc1. The molecule has 29 heavy (non-hydrogen) atoms. The van der Waals surface area contributed by atoms with Crippen LogP contribution in [0.25, 0.3) is 0 Å². The predicted octanol–water partition coefficient (Wildman–Crippen LogP) is 4.58. The molecule has 3 aromatic rings. The number of anilines is 1. The van der Waals surface area contributed by atoms with Gasteiger partial charge in [0.25, 0.3) is 11.6 Å². The van der Waals surface area contributed by atoms with Gasteiger partial charge in [-0.15, -0.1) is 0 Å². The van der Waals surface area contributed by atoms with Crippen LogP contribution in [0.3, 0.4) is 0 Å². The molecular weight excluding hydrogens is 366 g/mol. The van der Waals surface area contributed by atoms with Gasteiger partial charge < -0.3 is 10.2 Å². The van der Waals surface area contributed by atoms with Crippen molar-refractivity contribution < 1.29 is 9.72 Å². The molecule has 6 nitrogen and oxygen atoms in total. The van der Waals surface area contributed by atoms with E-state index in [1.165, 1.54) is 12.1 Å². The fourth-order valence-corrected chi connectivity index (χ4v) is 3.80. The van der Waals surface area contributed by atoms with Gasteiger partial charge in [0.15, 0.2) is 0 Å². The van der Waals surface area contributed by atoms with E-state index < -0.39 is 10.6 Å². The highest BCUT2D eigenvalue weighted by Gasteiger charge is 2.42. The maximum Gasteiger partial charge on any atom is 0.269 e. The van der Waals surface area contributed by atoms with Crippen LogP contribution in [-0.4, -0.2) is 22.3 Å². The topological polar surface area (TPSA) is 75.5 Å². The lowest BCUT2D eigenvalue weighted by Gasteiger charge is -2.46. The Morgan fingerprint density at radius 2 is 1.62 bits per heavy atom. The molecule has 1 aliphatic heterocycles. The number of non-ortho nitro benzene ring substituents is 1. The highest BCUT2D eigenvalue weighted by Crippen LogP contribution is 2.38. The highest BCUT2D eigenvalue weighted by atomic mass is 16.6. The Kier molecular flexibility index (Phi) is 4.76. The molecule has 146 valence electrons. The Hall–Kier alpha value is -3.67. The molecule has 0 bridgehead atoms. The van der Waals surface area contributed by atoms with Gasteiger partial charge in [-0.1, -0.05) is 42.5 Å². The Balaban J connectivity index is 1.73. The molecule has 1 heterocycles. The number of amides is 1. The Labute approximate surface area is 168 Å². The van der Waals surface area contributed by atoms with Crippen molar-refractivity contribution in [1.29, 1.82) is 0 Å². The maximum absolute atomic E-state index is 13.4. The average Bonchev–Trinajstić information content (AvgIpc) is 2.74. The van der Waals surface area contributed by atoms with Gasteiger partial charge >= 0.3 is 0 Å². The first-order valence-corrected chi connectivity index (χ1v) is 9.47. The minimum atomic E-state index is -0.824. The third-order valence-electron chi connectivity index (χ3n) is 5.43. The van der Waals surface area contributed by atoms with E-state index in [9.17, 15) is 14.9 Å². The first-order chi connectivity index (χ1) is 14.0. The number of hydrogen-bond donors (Lipinski definition) is 1. The fraction of sp³-hybridized carbons (Fsp3) is 0.174. The highest BCUT2D eigenvalue weighted by molar-refractivity contribution is 6.02. The van der Waals surface area contributed by atoms with E-state index in [-0.39, 0.29) is 11.6 Å². The second-order valence-corrected chi connectivity index (χ2v) is 7.24. The van der Waals surface area contributed by atoms with E-state index in [1.807, 2.05) is 66.4 Å². The summed E-state index contributed by atoms with van der Waals surface area (Å²) in [6, 6.07) is 23.8. The molecule has 4 rings (SSSR count). The number of nitrogens with one attached hydrogen (secondary N) is 1. The molecule has 0 fully saturated rings. The first-order valence-electron chi connectivity index (χ1n) is 9.47. The summed E-state index contributed by atoms with van der Waals surface area (Å²) >= 11 is 0. The fourth-order valence-electron chi connectivity index (χ4n) is 3.80. The van der Waals surface area contributed by atoms with Gasteiger partial charge in [0.05, 0.1) is 10.5 Å². The molecule has 1 aliphatic rings. The lowest BCUT2D eigenvalue weighted by Crippen LogP contribution is -2.56. The molecule has 0 spiro atoms. The summed E-state index contributed by atoms with van der Waals surface area (Å²) in [5.41, 5.74) is 2.52. The molecular formula is C23H21N3O3. The largest absolute Gasteiger partial charge is 0.358 e. The second kappa shape index (κ2) is 7.39. The third kappa shape index (κ3) is 3.45. The number of nitro benzene ring substituents is 1. The van der Waals surface area contributed by atoms with E-state index in [1.54, 1.807) is 12.1 Å².